The highest BCUT2D eigenvalue weighted by Gasteiger charge is 2.36. The van der Waals surface area contributed by atoms with Crippen LogP contribution in [0.4, 0.5) is 0 Å². The van der Waals surface area contributed by atoms with Gasteiger partial charge in [0, 0.05) is 17.0 Å². The lowest BCUT2D eigenvalue weighted by Crippen LogP contribution is -2.53. The van der Waals surface area contributed by atoms with Gasteiger partial charge in [-0.3, -0.25) is 4.79 Å². The Morgan fingerprint density at radius 1 is 1.28 bits per heavy atom. The molecule has 18 heavy (non-hydrogen) atoms. The molecule has 0 aliphatic carbocycles. The molecule has 1 aliphatic rings. The molecule has 1 aromatic rings. The second kappa shape index (κ2) is 5.23. The van der Waals surface area contributed by atoms with Crippen molar-refractivity contribution >= 4 is 5.78 Å². The summed E-state index contributed by atoms with van der Waals surface area (Å²) in [7, 11) is 0. The number of nitrogens with one attached hydrogen (secondary N) is 1. The van der Waals surface area contributed by atoms with E-state index in [-0.39, 0.29) is 17.2 Å². The zero-order valence-electron chi connectivity index (χ0n) is 11.6. The van der Waals surface area contributed by atoms with E-state index in [1.807, 2.05) is 31.2 Å². The van der Waals surface area contributed by atoms with Crippen LogP contribution in [0.15, 0.2) is 24.3 Å². The Morgan fingerprint density at radius 2 is 1.94 bits per heavy atom. The van der Waals surface area contributed by atoms with Gasteiger partial charge in [0.1, 0.15) is 0 Å². The van der Waals surface area contributed by atoms with Crippen LogP contribution < -0.4 is 5.32 Å². The monoisotopic (exact) mass is 245 g/mol. The number of Topliss-reactive ketones (excluding diaryl/α,β-unsaturated/α-hetero) is 1. The number of aryl methyl sites for hydroxylation is 1. The summed E-state index contributed by atoms with van der Waals surface area (Å²) in [5.41, 5.74) is 1.99. The molecular formula is C16H23NO. The predicted molar refractivity (Wildman–Crippen MR) is 74.9 cm³/mol. The Kier molecular flexibility index (Phi) is 3.86. The number of piperidine rings is 1. The number of hydrogen-bond acceptors (Lipinski definition) is 2. The fraction of sp³-hybridized carbons (Fsp3) is 0.562. The molecule has 1 fully saturated rings. The molecule has 0 saturated carbocycles. The molecular weight excluding hydrogens is 222 g/mol. The van der Waals surface area contributed by atoms with Crippen molar-refractivity contribution < 1.29 is 4.79 Å². The van der Waals surface area contributed by atoms with Crippen molar-refractivity contribution in [3.8, 4) is 0 Å². The van der Waals surface area contributed by atoms with Gasteiger partial charge in [-0.1, -0.05) is 43.2 Å². The van der Waals surface area contributed by atoms with Crippen LogP contribution in [0.5, 0.6) is 0 Å². The van der Waals surface area contributed by atoms with Crippen LogP contribution in [0.25, 0.3) is 0 Å². The molecule has 98 valence electrons. The maximum atomic E-state index is 12.5. The van der Waals surface area contributed by atoms with E-state index in [2.05, 4.69) is 19.2 Å². The van der Waals surface area contributed by atoms with Gasteiger partial charge < -0.3 is 5.32 Å². The third-order valence-corrected chi connectivity index (χ3v) is 4.34. The lowest BCUT2D eigenvalue weighted by molar-refractivity contribution is 0.0817. The molecule has 2 atom stereocenters. The lowest BCUT2D eigenvalue weighted by atomic mass is 9.76. The molecule has 0 radical (unpaired) electrons. The fourth-order valence-corrected chi connectivity index (χ4v) is 2.71. The molecule has 0 aromatic heterocycles. The van der Waals surface area contributed by atoms with Gasteiger partial charge in [-0.2, -0.15) is 0 Å². The van der Waals surface area contributed by atoms with E-state index in [9.17, 15) is 4.79 Å². The normalized spacial score (nSPS) is 25.7. The topological polar surface area (TPSA) is 29.1 Å². The quantitative estimate of drug-likeness (QED) is 0.827. The zero-order valence-corrected chi connectivity index (χ0v) is 11.6. The smallest absolute Gasteiger partial charge is 0.167 e. The van der Waals surface area contributed by atoms with Gasteiger partial charge >= 0.3 is 0 Å². The molecule has 1 aliphatic heterocycles. The van der Waals surface area contributed by atoms with E-state index in [0.717, 1.165) is 18.5 Å². The highest BCUT2D eigenvalue weighted by molar-refractivity contribution is 5.98. The van der Waals surface area contributed by atoms with Crippen LogP contribution >= 0.6 is 0 Å². The molecule has 0 amide bonds. The van der Waals surface area contributed by atoms with Crippen molar-refractivity contribution in [3.05, 3.63) is 35.4 Å². The molecule has 0 spiro atoms. The van der Waals surface area contributed by atoms with E-state index >= 15 is 0 Å². The average molecular weight is 245 g/mol. The van der Waals surface area contributed by atoms with Crippen molar-refractivity contribution in [2.75, 3.05) is 6.54 Å². The maximum Gasteiger partial charge on any atom is 0.167 e. The number of carbonyl (C=O) groups is 1. The van der Waals surface area contributed by atoms with Crippen LogP contribution in [-0.4, -0.2) is 17.9 Å². The Labute approximate surface area is 110 Å². The summed E-state index contributed by atoms with van der Waals surface area (Å²) in [5.74, 6) is 0.285. The summed E-state index contributed by atoms with van der Waals surface area (Å²) in [6.07, 6.45) is 3.53. The first-order chi connectivity index (χ1) is 8.53. The summed E-state index contributed by atoms with van der Waals surface area (Å²) in [6.45, 7) is 7.31. The number of benzene rings is 1. The van der Waals surface area contributed by atoms with Crippen molar-refractivity contribution in [1.82, 2.24) is 5.32 Å². The van der Waals surface area contributed by atoms with Crippen molar-refractivity contribution in [3.63, 3.8) is 0 Å². The SMILES string of the molecule is Cc1ccc(C(=O)C(C)C2(C)CCCCN2)cc1. The van der Waals surface area contributed by atoms with E-state index in [4.69, 9.17) is 0 Å². The van der Waals surface area contributed by atoms with Crippen molar-refractivity contribution in [2.24, 2.45) is 5.92 Å². The average Bonchev–Trinajstić information content (AvgIpc) is 2.39. The van der Waals surface area contributed by atoms with Crippen molar-refractivity contribution in [1.29, 1.82) is 0 Å². The summed E-state index contributed by atoms with van der Waals surface area (Å²) >= 11 is 0. The third-order valence-electron chi connectivity index (χ3n) is 4.34. The van der Waals surface area contributed by atoms with E-state index in [1.165, 1.54) is 18.4 Å². The van der Waals surface area contributed by atoms with Crippen LogP contribution in [0.3, 0.4) is 0 Å². The molecule has 0 bridgehead atoms. The minimum atomic E-state index is -0.0414. The van der Waals surface area contributed by atoms with Gasteiger partial charge in [0.15, 0.2) is 5.78 Å². The Balaban J connectivity index is 2.15. The number of ketones is 1. The number of rotatable bonds is 3. The van der Waals surface area contributed by atoms with E-state index in [0.29, 0.717) is 0 Å². The van der Waals surface area contributed by atoms with Gasteiger partial charge in [0.2, 0.25) is 0 Å². The Bertz CT molecular complexity index is 415. The predicted octanol–water partition coefficient (Wildman–Crippen LogP) is 3.35. The summed E-state index contributed by atoms with van der Waals surface area (Å²) in [4.78, 5) is 12.5. The number of carbonyl (C=O) groups excluding carboxylic acids is 1. The van der Waals surface area contributed by atoms with Crippen LogP contribution in [-0.2, 0) is 0 Å². The van der Waals surface area contributed by atoms with Gasteiger partial charge in [-0.05, 0) is 33.2 Å². The first-order valence-electron chi connectivity index (χ1n) is 6.89. The lowest BCUT2D eigenvalue weighted by Gasteiger charge is -2.39. The molecule has 1 aromatic carbocycles. The molecule has 2 heteroatoms. The Morgan fingerprint density at radius 3 is 2.50 bits per heavy atom. The molecule has 2 rings (SSSR count). The van der Waals surface area contributed by atoms with Crippen LogP contribution in [0, 0.1) is 12.8 Å². The van der Waals surface area contributed by atoms with Crippen molar-refractivity contribution in [2.45, 2.75) is 45.6 Å². The molecule has 1 N–H and O–H groups in total. The standard InChI is InChI=1S/C16H23NO/c1-12-6-8-14(9-7-12)15(18)13(2)16(3)10-4-5-11-17-16/h6-9,13,17H,4-5,10-11H2,1-3H3. The number of hydrogen-bond donors (Lipinski definition) is 1. The molecule has 1 saturated heterocycles. The van der Waals surface area contributed by atoms with Gasteiger partial charge in [-0.25, -0.2) is 0 Å². The van der Waals surface area contributed by atoms with Crippen LogP contribution in [0.2, 0.25) is 0 Å². The van der Waals surface area contributed by atoms with E-state index in [1.54, 1.807) is 0 Å². The zero-order chi connectivity index (χ0) is 13.2. The van der Waals surface area contributed by atoms with Gasteiger partial charge in [0.25, 0.3) is 0 Å². The first kappa shape index (κ1) is 13.3. The Hall–Kier alpha value is -1.15. The van der Waals surface area contributed by atoms with E-state index < -0.39 is 0 Å². The minimum absolute atomic E-state index is 0.0282. The van der Waals surface area contributed by atoms with Gasteiger partial charge in [-0.15, -0.1) is 0 Å². The molecule has 2 nitrogen and oxygen atoms in total. The minimum Gasteiger partial charge on any atom is -0.311 e. The fourth-order valence-electron chi connectivity index (χ4n) is 2.71. The second-order valence-electron chi connectivity index (χ2n) is 5.75. The summed E-state index contributed by atoms with van der Waals surface area (Å²) in [5, 5.41) is 3.54. The highest BCUT2D eigenvalue weighted by atomic mass is 16.1. The molecule has 2 unspecified atom stereocenters. The van der Waals surface area contributed by atoms with Crippen LogP contribution in [0.1, 0.15) is 49.0 Å². The highest BCUT2D eigenvalue weighted by Crippen LogP contribution is 2.29. The second-order valence-corrected chi connectivity index (χ2v) is 5.75. The summed E-state index contributed by atoms with van der Waals surface area (Å²) in [6, 6.07) is 7.91. The largest absolute Gasteiger partial charge is 0.311 e. The summed E-state index contributed by atoms with van der Waals surface area (Å²) < 4.78 is 0. The molecule has 1 heterocycles. The third kappa shape index (κ3) is 2.64. The first-order valence-corrected chi connectivity index (χ1v) is 6.89. The van der Waals surface area contributed by atoms with Gasteiger partial charge in [0.05, 0.1) is 0 Å². The maximum absolute atomic E-state index is 12.5.